The van der Waals surface area contributed by atoms with Gasteiger partial charge in [-0.05, 0) is 25.7 Å². The van der Waals surface area contributed by atoms with Crippen LogP contribution < -0.4 is 5.73 Å². The molecule has 2 fully saturated rings. The molecule has 1 heterocycles. The van der Waals surface area contributed by atoms with Crippen LogP contribution in [-0.2, 0) is 19.7 Å². The van der Waals surface area contributed by atoms with E-state index < -0.39 is 35.9 Å². The van der Waals surface area contributed by atoms with Crippen LogP contribution in [0, 0.1) is 5.92 Å². The average Bonchev–Trinajstić information content (AvgIpc) is 2.46. The number of hydrogen-bond acceptors (Lipinski definition) is 6. The van der Waals surface area contributed by atoms with Crippen LogP contribution >= 0.6 is 0 Å². The fourth-order valence-corrected chi connectivity index (χ4v) is 8.81. The van der Waals surface area contributed by atoms with E-state index >= 15 is 0 Å². The molecule has 0 bridgehead atoms. The lowest BCUT2D eigenvalue weighted by molar-refractivity contribution is 0.114. The van der Waals surface area contributed by atoms with Crippen molar-refractivity contribution >= 4 is 19.7 Å². The summed E-state index contributed by atoms with van der Waals surface area (Å²) in [7, 11) is -7.59. The first-order valence-electron chi connectivity index (χ1n) is 8.47. The molecule has 8 heteroatoms. The summed E-state index contributed by atoms with van der Waals surface area (Å²) in [6.45, 7) is 1.23. The Labute approximate surface area is 139 Å². The van der Waals surface area contributed by atoms with Gasteiger partial charge in [-0.25, -0.2) is 16.8 Å². The summed E-state index contributed by atoms with van der Waals surface area (Å²) in [5.74, 6) is 0.154. The SMILES string of the molecule is CC1(C[C@H](O)[C@@H](N)CC2CCCCC2)S(=O)(=O)CCCS1(=O)=O. The van der Waals surface area contributed by atoms with Gasteiger partial charge in [0.25, 0.3) is 0 Å². The van der Waals surface area contributed by atoms with E-state index in [1.54, 1.807) is 0 Å². The van der Waals surface area contributed by atoms with Crippen molar-refractivity contribution in [1.29, 1.82) is 0 Å². The van der Waals surface area contributed by atoms with Crippen molar-refractivity contribution < 1.29 is 21.9 Å². The maximum atomic E-state index is 12.3. The zero-order valence-electron chi connectivity index (χ0n) is 13.8. The average molecular weight is 368 g/mol. The minimum atomic E-state index is -3.80. The summed E-state index contributed by atoms with van der Waals surface area (Å²) in [5, 5.41) is 10.4. The summed E-state index contributed by atoms with van der Waals surface area (Å²) >= 11 is 0. The Balaban J connectivity index is 2.08. The van der Waals surface area contributed by atoms with Gasteiger partial charge in [-0.15, -0.1) is 0 Å². The summed E-state index contributed by atoms with van der Waals surface area (Å²) in [5.41, 5.74) is 6.06. The quantitative estimate of drug-likeness (QED) is 0.749. The Hall–Kier alpha value is -0.180. The maximum absolute atomic E-state index is 12.3. The molecule has 2 aliphatic rings. The van der Waals surface area contributed by atoms with Crippen LogP contribution in [0.15, 0.2) is 0 Å². The molecule has 2 rings (SSSR count). The molecule has 1 aliphatic carbocycles. The highest BCUT2D eigenvalue weighted by molar-refractivity contribution is 8.10. The van der Waals surface area contributed by atoms with Gasteiger partial charge in [-0.1, -0.05) is 32.1 Å². The molecule has 0 unspecified atom stereocenters. The molecule has 0 aromatic rings. The van der Waals surface area contributed by atoms with Crippen LogP contribution in [0.4, 0.5) is 0 Å². The van der Waals surface area contributed by atoms with Gasteiger partial charge in [-0.2, -0.15) is 0 Å². The monoisotopic (exact) mass is 367 g/mol. The summed E-state index contributed by atoms with van der Waals surface area (Å²) < 4.78 is 47.4. The van der Waals surface area contributed by atoms with Gasteiger partial charge in [0.05, 0.1) is 17.6 Å². The number of sulfone groups is 2. The van der Waals surface area contributed by atoms with Gasteiger partial charge in [0.1, 0.15) is 0 Å². The van der Waals surface area contributed by atoms with Crippen molar-refractivity contribution in [3.8, 4) is 0 Å². The molecule has 1 saturated heterocycles. The third kappa shape index (κ3) is 3.91. The highest BCUT2D eigenvalue weighted by atomic mass is 32.3. The van der Waals surface area contributed by atoms with Crippen LogP contribution in [0.1, 0.15) is 58.3 Å². The Morgan fingerprint density at radius 1 is 1.04 bits per heavy atom. The molecule has 3 N–H and O–H groups in total. The van der Waals surface area contributed by atoms with Crippen molar-refractivity contribution in [2.24, 2.45) is 11.7 Å². The van der Waals surface area contributed by atoms with Crippen molar-refractivity contribution in [2.45, 2.75) is 74.5 Å². The molecule has 1 aliphatic heterocycles. The molecule has 0 amide bonds. The van der Waals surface area contributed by atoms with E-state index in [9.17, 15) is 21.9 Å². The van der Waals surface area contributed by atoms with Crippen molar-refractivity contribution in [2.75, 3.05) is 11.5 Å². The van der Waals surface area contributed by atoms with Crippen molar-refractivity contribution in [3.05, 3.63) is 0 Å². The summed E-state index contributed by atoms with van der Waals surface area (Å²) in [6, 6.07) is -0.581. The van der Waals surface area contributed by atoms with Gasteiger partial charge in [0, 0.05) is 12.5 Å². The number of aliphatic hydroxyl groups excluding tert-OH is 1. The topological polar surface area (TPSA) is 115 Å². The Morgan fingerprint density at radius 3 is 2.09 bits per heavy atom. The predicted octanol–water partition coefficient (Wildman–Crippen LogP) is 0.985. The zero-order chi connectivity index (χ0) is 17.3. The van der Waals surface area contributed by atoms with Crippen molar-refractivity contribution in [3.63, 3.8) is 0 Å². The molecule has 136 valence electrons. The molecule has 2 atom stereocenters. The van der Waals surface area contributed by atoms with E-state index in [4.69, 9.17) is 5.73 Å². The second kappa shape index (κ2) is 6.98. The molecule has 6 nitrogen and oxygen atoms in total. The highest BCUT2D eigenvalue weighted by Gasteiger charge is 2.54. The zero-order valence-corrected chi connectivity index (χ0v) is 15.4. The predicted molar refractivity (Wildman–Crippen MR) is 90.4 cm³/mol. The minimum absolute atomic E-state index is 0.129. The smallest absolute Gasteiger partial charge is 0.173 e. The molecule has 1 saturated carbocycles. The lowest BCUT2D eigenvalue weighted by Crippen LogP contribution is -2.54. The number of nitrogens with two attached hydrogens (primary N) is 1. The van der Waals surface area contributed by atoms with Crippen LogP contribution in [0.25, 0.3) is 0 Å². The molecular weight excluding hydrogens is 338 g/mol. The minimum Gasteiger partial charge on any atom is -0.391 e. The van der Waals surface area contributed by atoms with Crippen LogP contribution in [0.3, 0.4) is 0 Å². The van der Waals surface area contributed by atoms with Gasteiger partial charge in [0.15, 0.2) is 23.8 Å². The molecule has 0 spiro atoms. The van der Waals surface area contributed by atoms with Crippen LogP contribution in [0.2, 0.25) is 0 Å². The lowest BCUT2D eigenvalue weighted by atomic mass is 9.83. The van der Waals surface area contributed by atoms with Crippen LogP contribution in [0.5, 0.6) is 0 Å². The third-order valence-electron chi connectivity index (χ3n) is 5.55. The standard InChI is InChI=1S/C15H29NO5S2/c1-15(22(18,19)8-5-9-23(15,20)21)11-14(17)13(16)10-12-6-3-2-4-7-12/h12-14,17H,2-11,16H2,1H3/t13-,14-/m0/s1. The van der Waals surface area contributed by atoms with E-state index in [-0.39, 0.29) is 24.3 Å². The molecular formula is C15H29NO5S2. The van der Waals surface area contributed by atoms with Gasteiger partial charge in [-0.3, -0.25) is 0 Å². The van der Waals surface area contributed by atoms with E-state index in [0.717, 1.165) is 25.7 Å². The van der Waals surface area contributed by atoms with E-state index in [0.29, 0.717) is 12.3 Å². The van der Waals surface area contributed by atoms with Gasteiger partial charge >= 0.3 is 0 Å². The Kier molecular flexibility index (Phi) is 5.81. The second-order valence-electron chi connectivity index (χ2n) is 7.30. The molecule has 0 radical (unpaired) electrons. The first kappa shape index (κ1) is 19.1. The van der Waals surface area contributed by atoms with E-state index in [2.05, 4.69) is 0 Å². The fraction of sp³-hybridized carbons (Fsp3) is 1.00. The first-order valence-corrected chi connectivity index (χ1v) is 11.8. The molecule has 0 aromatic carbocycles. The van der Waals surface area contributed by atoms with Crippen molar-refractivity contribution in [1.82, 2.24) is 0 Å². The highest BCUT2D eigenvalue weighted by Crippen LogP contribution is 2.37. The lowest BCUT2D eigenvalue weighted by Gasteiger charge is -2.36. The summed E-state index contributed by atoms with van der Waals surface area (Å²) in [4.78, 5) is 0. The number of aliphatic hydroxyl groups is 1. The Bertz CT molecular complexity index is 574. The van der Waals surface area contributed by atoms with E-state index in [1.807, 2.05) is 0 Å². The van der Waals surface area contributed by atoms with Gasteiger partial charge < -0.3 is 10.8 Å². The number of hydrogen-bond donors (Lipinski definition) is 2. The normalized spacial score (nSPS) is 29.7. The van der Waals surface area contributed by atoms with Gasteiger partial charge in [0.2, 0.25) is 0 Å². The Morgan fingerprint density at radius 2 is 1.57 bits per heavy atom. The first-order chi connectivity index (χ1) is 10.6. The third-order valence-corrected chi connectivity index (χ3v) is 11.7. The van der Waals surface area contributed by atoms with Crippen LogP contribution in [-0.4, -0.2) is 49.7 Å². The summed E-state index contributed by atoms with van der Waals surface area (Å²) in [6.07, 6.45) is 5.00. The fourth-order valence-electron chi connectivity index (χ4n) is 3.81. The molecule has 0 aromatic heterocycles. The second-order valence-corrected chi connectivity index (χ2v) is 12.6. The molecule has 23 heavy (non-hydrogen) atoms. The largest absolute Gasteiger partial charge is 0.391 e. The maximum Gasteiger partial charge on any atom is 0.173 e. The number of rotatable bonds is 5. The van der Waals surface area contributed by atoms with E-state index in [1.165, 1.54) is 13.3 Å².